The molecule has 0 aromatic rings. The van der Waals surface area contributed by atoms with E-state index in [0.717, 1.165) is 27.6 Å². The molecule has 3 aliphatic rings. The van der Waals surface area contributed by atoms with Crippen molar-refractivity contribution >= 4 is 43.7 Å². The normalized spacial score (nSPS) is 31.2. The number of carbonyl (C=O) groups excluding carboxylic acids is 1. The number of carbonyl (C=O) groups is 1. The molecule has 3 rings (SSSR count). The lowest BCUT2D eigenvalue weighted by atomic mass is 9.99. The van der Waals surface area contributed by atoms with E-state index < -0.39 is 0 Å². The second-order valence-electron chi connectivity index (χ2n) is 5.98. The second kappa shape index (κ2) is 7.41. The number of methoxy groups -OCH3 is 1. The maximum absolute atomic E-state index is 12.8. The van der Waals surface area contributed by atoms with Crippen LogP contribution in [0.1, 0.15) is 19.3 Å². The van der Waals surface area contributed by atoms with Gasteiger partial charge in [0.25, 0.3) is 5.91 Å². The van der Waals surface area contributed by atoms with E-state index >= 15 is 0 Å². The van der Waals surface area contributed by atoms with E-state index in [9.17, 15) is 4.79 Å². The fraction of sp³-hybridized carbons (Fsp3) is 0.500. The standard InChI is InChI=1S/C16H20Br2N4O3/c1-20-16(19)21-12-3-4-13-22(12)15(23)11(25-13)7-8-5-9(17)14(24-2)10(18)6-8/h5,7-8,12-13H,3-4,6H2,1-2H3,(H3,19,20,21). The van der Waals surface area contributed by atoms with Crippen molar-refractivity contribution in [2.75, 3.05) is 14.2 Å². The molecule has 2 saturated heterocycles. The maximum atomic E-state index is 12.8. The van der Waals surface area contributed by atoms with Gasteiger partial charge in [0.2, 0.25) is 0 Å². The molecule has 0 bridgehead atoms. The molecule has 3 unspecified atom stereocenters. The third-order valence-corrected chi connectivity index (χ3v) is 5.71. The van der Waals surface area contributed by atoms with Crippen LogP contribution >= 0.6 is 31.9 Å². The summed E-state index contributed by atoms with van der Waals surface area (Å²) in [5.41, 5.74) is 5.73. The van der Waals surface area contributed by atoms with Crippen LogP contribution in [0.2, 0.25) is 0 Å². The highest BCUT2D eigenvalue weighted by atomic mass is 79.9. The molecular formula is C16H20Br2N4O3. The number of guanidine groups is 1. The highest BCUT2D eigenvalue weighted by Crippen LogP contribution is 2.39. The van der Waals surface area contributed by atoms with E-state index in [4.69, 9.17) is 15.2 Å². The van der Waals surface area contributed by atoms with Crippen molar-refractivity contribution in [3.8, 4) is 0 Å². The number of halogens is 2. The second-order valence-corrected chi connectivity index (χ2v) is 7.79. The molecule has 0 spiro atoms. The van der Waals surface area contributed by atoms with Gasteiger partial charge < -0.3 is 20.5 Å². The Kier molecular flexibility index (Phi) is 5.43. The lowest BCUT2D eigenvalue weighted by Gasteiger charge is -2.22. The number of hydrogen-bond donors (Lipinski definition) is 2. The molecule has 0 aromatic heterocycles. The van der Waals surface area contributed by atoms with E-state index in [0.29, 0.717) is 18.1 Å². The Bertz CT molecular complexity index is 701. The van der Waals surface area contributed by atoms with Crippen molar-refractivity contribution in [1.82, 2.24) is 10.2 Å². The average molecular weight is 476 g/mol. The lowest BCUT2D eigenvalue weighted by molar-refractivity contribution is -0.127. The molecule has 25 heavy (non-hydrogen) atoms. The molecule has 2 fully saturated rings. The van der Waals surface area contributed by atoms with Crippen LogP contribution in [0.25, 0.3) is 0 Å². The number of ether oxygens (including phenoxy) is 2. The number of nitrogens with two attached hydrogens (primary N) is 1. The van der Waals surface area contributed by atoms with E-state index in [1.54, 1.807) is 19.1 Å². The fourth-order valence-electron chi connectivity index (χ4n) is 3.24. The maximum Gasteiger partial charge on any atom is 0.293 e. The molecule has 1 amide bonds. The minimum atomic E-state index is -0.245. The van der Waals surface area contributed by atoms with Gasteiger partial charge in [0.15, 0.2) is 17.9 Å². The first-order chi connectivity index (χ1) is 11.9. The molecule has 7 nitrogen and oxygen atoms in total. The van der Waals surface area contributed by atoms with Crippen molar-refractivity contribution in [3.05, 3.63) is 32.6 Å². The molecule has 0 aromatic carbocycles. The Hall–Kier alpha value is -1.48. The summed E-state index contributed by atoms with van der Waals surface area (Å²) >= 11 is 7.03. The molecule has 3 atom stereocenters. The Morgan fingerprint density at radius 3 is 2.92 bits per heavy atom. The van der Waals surface area contributed by atoms with Crippen molar-refractivity contribution in [2.45, 2.75) is 31.7 Å². The number of hydrogen-bond acceptors (Lipinski definition) is 4. The van der Waals surface area contributed by atoms with Crippen molar-refractivity contribution in [1.29, 1.82) is 0 Å². The van der Waals surface area contributed by atoms with Crippen LogP contribution in [0.3, 0.4) is 0 Å². The predicted octanol–water partition coefficient (Wildman–Crippen LogP) is 2.26. The number of nitrogens with one attached hydrogen (secondary N) is 1. The number of rotatable bonds is 3. The van der Waals surface area contributed by atoms with Gasteiger partial charge in [-0.15, -0.1) is 0 Å². The van der Waals surface area contributed by atoms with Crippen LogP contribution < -0.4 is 11.1 Å². The summed E-state index contributed by atoms with van der Waals surface area (Å²) in [4.78, 5) is 18.4. The number of allylic oxidation sites excluding steroid dienone is 4. The predicted molar refractivity (Wildman–Crippen MR) is 102 cm³/mol. The Labute approximate surface area is 163 Å². The quantitative estimate of drug-likeness (QED) is 0.371. The molecule has 0 radical (unpaired) electrons. The van der Waals surface area contributed by atoms with Gasteiger partial charge >= 0.3 is 0 Å². The topological polar surface area (TPSA) is 89.2 Å². The van der Waals surface area contributed by atoms with Crippen LogP contribution in [-0.4, -0.2) is 43.3 Å². The molecule has 0 saturated carbocycles. The smallest absolute Gasteiger partial charge is 0.293 e. The summed E-state index contributed by atoms with van der Waals surface area (Å²) in [7, 11) is 3.23. The lowest BCUT2D eigenvalue weighted by Crippen LogP contribution is -2.49. The monoisotopic (exact) mass is 474 g/mol. The van der Waals surface area contributed by atoms with Gasteiger partial charge in [-0.05, 0) is 34.8 Å². The van der Waals surface area contributed by atoms with Gasteiger partial charge in [-0.2, -0.15) is 0 Å². The van der Waals surface area contributed by atoms with Gasteiger partial charge in [-0.25, -0.2) is 0 Å². The largest absolute Gasteiger partial charge is 0.495 e. The van der Waals surface area contributed by atoms with Crippen LogP contribution in [0.15, 0.2) is 37.6 Å². The van der Waals surface area contributed by atoms with Gasteiger partial charge in [-0.3, -0.25) is 14.7 Å². The zero-order valence-corrected chi connectivity index (χ0v) is 17.1. The molecule has 9 heteroatoms. The molecule has 136 valence electrons. The van der Waals surface area contributed by atoms with Crippen LogP contribution in [0, 0.1) is 5.92 Å². The van der Waals surface area contributed by atoms with Crippen molar-refractivity contribution in [3.63, 3.8) is 0 Å². The van der Waals surface area contributed by atoms with Crippen LogP contribution in [-0.2, 0) is 14.3 Å². The van der Waals surface area contributed by atoms with Crippen LogP contribution in [0.5, 0.6) is 0 Å². The number of fused-ring (bicyclic) bond motifs is 1. The van der Waals surface area contributed by atoms with Gasteiger partial charge in [-0.1, -0.05) is 22.0 Å². The first-order valence-electron chi connectivity index (χ1n) is 7.94. The van der Waals surface area contributed by atoms with E-state index in [1.807, 2.05) is 12.2 Å². The summed E-state index contributed by atoms with van der Waals surface area (Å²) in [5, 5.41) is 3.06. The Balaban J connectivity index is 1.75. The average Bonchev–Trinajstić information content (AvgIpc) is 3.08. The SMILES string of the molecule is CN=C(N)NC1CCC2OC(=CC3C=C(Br)C(OC)=C(Br)C3)C(=O)N12. The van der Waals surface area contributed by atoms with Gasteiger partial charge in [0.05, 0.1) is 11.6 Å². The minimum Gasteiger partial charge on any atom is -0.495 e. The highest BCUT2D eigenvalue weighted by Gasteiger charge is 2.46. The summed E-state index contributed by atoms with van der Waals surface area (Å²) in [6.45, 7) is 0. The first kappa shape index (κ1) is 18.3. The zero-order chi connectivity index (χ0) is 18.1. The number of amides is 1. The highest BCUT2D eigenvalue weighted by molar-refractivity contribution is 9.12. The summed E-state index contributed by atoms with van der Waals surface area (Å²) < 4.78 is 13.0. The Morgan fingerprint density at radius 2 is 2.28 bits per heavy atom. The summed E-state index contributed by atoms with van der Waals surface area (Å²) in [5.74, 6) is 1.39. The van der Waals surface area contributed by atoms with Crippen molar-refractivity contribution in [2.24, 2.45) is 16.6 Å². The van der Waals surface area contributed by atoms with Gasteiger partial charge in [0.1, 0.15) is 11.9 Å². The van der Waals surface area contributed by atoms with Gasteiger partial charge in [0, 0.05) is 23.9 Å². The van der Waals surface area contributed by atoms with Crippen molar-refractivity contribution < 1.29 is 14.3 Å². The molecular weight excluding hydrogens is 456 g/mol. The molecule has 2 aliphatic heterocycles. The van der Waals surface area contributed by atoms with E-state index in [2.05, 4.69) is 42.2 Å². The Morgan fingerprint density at radius 1 is 1.52 bits per heavy atom. The minimum absolute atomic E-state index is 0.0373. The summed E-state index contributed by atoms with van der Waals surface area (Å²) in [6, 6.07) is 0. The zero-order valence-electron chi connectivity index (χ0n) is 14.0. The summed E-state index contributed by atoms with van der Waals surface area (Å²) in [6.07, 6.45) is 5.69. The van der Waals surface area contributed by atoms with E-state index in [-0.39, 0.29) is 24.2 Å². The van der Waals surface area contributed by atoms with Crippen LogP contribution in [0.4, 0.5) is 0 Å². The molecule has 1 aliphatic carbocycles. The number of nitrogens with zero attached hydrogens (tertiary/aromatic N) is 2. The molecule has 3 N–H and O–H groups in total. The fourth-order valence-corrected chi connectivity index (χ4v) is 5.00. The number of aliphatic imine (C=N–C) groups is 1. The van der Waals surface area contributed by atoms with E-state index in [1.165, 1.54) is 0 Å². The first-order valence-corrected chi connectivity index (χ1v) is 9.53. The third kappa shape index (κ3) is 3.57. The molecule has 2 heterocycles. The third-order valence-electron chi connectivity index (χ3n) is 4.40.